The fourth-order valence-electron chi connectivity index (χ4n) is 2.02. The van der Waals surface area contributed by atoms with E-state index in [1.54, 1.807) is 0 Å². The number of ether oxygens (including phenoxy) is 1. The summed E-state index contributed by atoms with van der Waals surface area (Å²) in [6.45, 7) is 5.79. The SMILES string of the molecule is CC(C)Oc1cccc(CN(C)Cc2cnc(N)s2)c1.Cl. The normalized spacial score (nSPS) is 10.7. The molecule has 0 spiro atoms. The number of anilines is 1. The van der Waals surface area contributed by atoms with Crippen LogP contribution in [0, 0.1) is 0 Å². The molecule has 1 heterocycles. The fourth-order valence-corrected chi connectivity index (χ4v) is 2.78. The molecule has 0 radical (unpaired) electrons. The number of aromatic nitrogens is 1. The second-order valence-electron chi connectivity index (χ2n) is 5.15. The molecule has 0 saturated heterocycles. The molecule has 4 nitrogen and oxygen atoms in total. The molecule has 1 aromatic heterocycles. The first kappa shape index (κ1) is 17.8. The van der Waals surface area contributed by atoms with Gasteiger partial charge in [-0.25, -0.2) is 4.98 Å². The molecule has 21 heavy (non-hydrogen) atoms. The number of nitrogens with zero attached hydrogens (tertiary/aromatic N) is 2. The summed E-state index contributed by atoms with van der Waals surface area (Å²) in [6.07, 6.45) is 2.04. The number of nitrogens with two attached hydrogens (primary N) is 1. The number of rotatable bonds is 6. The second-order valence-corrected chi connectivity index (χ2v) is 6.30. The molecule has 2 N–H and O–H groups in total. The highest BCUT2D eigenvalue weighted by Gasteiger charge is 2.06. The van der Waals surface area contributed by atoms with Gasteiger partial charge in [-0.2, -0.15) is 0 Å². The molecule has 2 aromatic rings. The second kappa shape index (κ2) is 8.22. The number of halogens is 1. The lowest BCUT2D eigenvalue weighted by atomic mass is 10.2. The first-order valence-electron chi connectivity index (χ1n) is 6.67. The van der Waals surface area contributed by atoms with E-state index >= 15 is 0 Å². The average Bonchev–Trinajstić information content (AvgIpc) is 2.74. The molecule has 6 heteroatoms. The van der Waals surface area contributed by atoms with Crippen molar-refractivity contribution < 1.29 is 4.74 Å². The van der Waals surface area contributed by atoms with E-state index < -0.39 is 0 Å². The van der Waals surface area contributed by atoms with Crippen LogP contribution in [0.1, 0.15) is 24.3 Å². The summed E-state index contributed by atoms with van der Waals surface area (Å²) in [7, 11) is 2.09. The van der Waals surface area contributed by atoms with Crippen LogP contribution in [0.5, 0.6) is 5.75 Å². The highest BCUT2D eigenvalue weighted by Crippen LogP contribution is 2.19. The predicted octanol–water partition coefficient (Wildman–Crippen LogP) is 3.57. The lowest BCUT2D eigenvalue weighted by Crippen LogP contribution is -2.16. The molecule has 116 valence electrons. The lowest BCUT2D eigenvalue weighted by Gasteiger charge is -2.16. The molecule has 0 aliphatic heterocycles. The van der Waals surface area contributed by atoms with E-state index in [-0.39, 0.29) is 18.5 Å². The zero-order chi connectivity index (χ0) is 14.5. The fraction of sp³-hybridized carbons (Fsp3) is 0.400. The molecule has 0 saturated carbocycles. The molecule has 2 rings (SSSR count). The van der Waals surface area contributed by atoms with Crippen LogP contribution in [-0.2, 0) is 13.1 Å². The van der Waals surface area contributed by atoms with Gasteiger partial charge in [0.1, 0.15) is 5.75 Å². The van der Waals surface area contributed by atoms with Crippen LogP contribution in [0.25, 0.3) is 0 Å². The number of thiazole rings is 1. The molecule has 0 unspecified atom stereocenters. The Morgan fingerprint density at radius 2 is 2.10 bits per heavy atom. The van der Waals surface area contributed by atoms with Gasteiger partial charge in [-0.1, -0.05) is 12.1 Å². The Labute approximate surface area is 136 Å². The standard InChI is InChI=1S/C15H21N3OS.ClH/c1-11(2)19-13-6-4-5-12(7-13)9-18(3)10-14-8-17-15(16)20-14;/h4-8,11H,9-10H2,1-3H3,(H2,16,17);1H. The summed E-state index contributed by atoms with van der Waals surface area (Å²) in [5.74, 6) is 0.924. The van der Waals surface area contributed by atoms with E-state index in [0.29, 0.717) is 5.13 Å². The van der Waals surface area contributed by atoms with Crippen LogP contribution in [-0.4, -0.2) is 23.0 Å². The van der Waals surface area contributed by atoms with Gasteiger partial charge in [0.05, 0.1) is 6.10 Å². The van der Waals surface area contributed by atoms with Gasteiger partial charge in [-0.15, -0.1) is 23.7 Å². The first-order valence-corrected chi connectivity index (χ1v) is 7.49. The van der Waals surface area contributed by atoms with Gasteiger partial charge in [0.15, 0.2) is 5.13 Å². The van der Waals surface area contributed by atoms with Crippen molar-refractivity contribution in [1.82, 2.24) is 9.88 Å². The molecule has 0 aliphatic carbocycles. The Bertz CT molecular complexity index is 559. The summed E-state index contributed by atoms with van der Waals surface area (Å²) >= 11 is 1.54. The van der Waals surface area contributed by atoms with Crippen molar-refractivity contribution in [3.63, 3.8) is 0 Å². The summed E-state index contributed by atoms with van der Waals surface area (Å²) in [5, 5.41) is 0.626. The Balaban J connectivity index is 0.00000220. The van der Waals surface area contributed by atoms with Crippen LogP contribution in [0.4, 0.5) is 5.13 Å². The quantitative estimate of drug-likeness (QED) is 0.881. The molecular formula is C15H22ClN3OS. The Morgan fingerprint density at radius 1 is 1.33 bits per heavy atom. The van der Waals surface area contributed by atoms with Gasteiger partial charge in [0.2, 0.25) is 0 Å². The molecule has 1 aromatic carbocycles. The molecule has 0 bridgehead atoms. The van der Waals surface area contributed by atoms with Gasteiger partial charge < -0.3 is 10.5 Å². The Hall–Kier alpha value is -1.30. The first-order chi connectivity index (χ1) is 9.52. The van der Waals surface area contributed by atoms with Gasteiger partial charge in [0, 0.05) is 24.2 Å². The minimum atomic E-state index is 0. The lowest BCUT2D eigenvalue weighted by molar-refractivity contribution is 0.241. The predicted molar refractivity (Wildman–Crippen MR) is 91.2 cm³/mol. The summed E-state index contributed by atoms with van der Waals surface area (Å²) < 4.78 is 5.72. The van der Waals surface area contributed by atoms with Crippen LogP contribution in [0.2, 0.25) is 0 Å². The van der Waals surface area contributed by atoms with Crippen molar-refractivity contribution in [2.75, 3.05) is 12.8 Å². The third-order valence-electron chi connectivity index (χ3n) is 2.72. The van der Waals surface area contributed by atoms with E-state index in [0.717, 1.165) is 18.8 Å². The van der Waals surface area contributed by atoms with Crippen molar-refractivity contribution in [1.29, 1.82) is 0 Å². The maximum absolute atomic E-state index is 5.72. The average molecular weight is 328 g/mol. The Kier molecular flexibility index (Phi) is 6.95. The smallest absolute Gasteiger partial charge is 0.180 e. The van der Waals surface area contributed by atoms with Crippen molar-refractivity contribution in [3.8, 4) is 5.75 Å². The maximum Gasteiger partial charge on any atom is 0.180 e. The van der Waals surface area contributed by atoms with E-state index in [1.807, 2.05) is 32.2 Å². The minimum Gasteiger partial charge on any atom is -0.491 e. The van der Waals surface area contributed by atoms with Gasteiger partial charge in [0.25, 0.3) is 0 Å². The van der Waals surface area contributed by atoms with E-state index in [4.69, 9.17) is 10.5 Å². The third kappa shape index (κ3) is 5.91. The van der Waals surface area contributed by atoms with E-state index in [9.17, 15) is 0 Å². The van der Waals surface area contributed by atoms with Crippen molar-refractivity contribution in [3.05, 3.63) is 40.9 Å². The highest BCUT2D eigenvalue weighted by atomic mass is 35.5. The largest absolute Gasteiger partial charge is 0.491 e. The van der Waals surface area contributed by atoms with Crippen LogP contribution in [0.3, 0.4) is 0 Å². The monoisotopic (exact) mass is 327 g/mol. The van der Waals surface area contributed by atoms with E-state index in [1.165, 1.54) is 21.8 Å². The van der Waals surface area contributed by atoms with Gasteiger partial charge in [-0.05, 0) is 38.6 Å². The van der Waals surface area contributed by atoms with Crippen LogP contribution < -0.4 is 10.5 Å². The molecular weight excluding hydrogens is 306 g/mol. The molecule has 0 amide bonds. The third-order valence-corrected chi connectivity index (χ3v) is 3.53. The highest BCUT2D eigenvalue weighted by molar-refractivity contribution is 7.15. The number of hydrogen-bond donors (Lipinski definition) is 1. The summed E-state index contributed by atoms with van der Waals surface area (Å²) in [5.41, 5.74) is 6.88. The topological polar surface area (TPSA) is 51.4 Å². The molecule has 0 atom stereocenters. The zero-order valence-corrected chi connectivity index (χ0v) is 14.2. The van der Waals surface area contributed by atoms with Crippen molar-refractivity contribution >= 4 is 28.9 Å². The number of nitrogen functional groups attached to an aromatic ring is 1. The zero-order valence-electron chi connectivity index (χ0n) is 12.6. The molecule has 0 fully saturated rings. The Morgan fingerprint density at radius 3 is 2.71 bits per heavy atom. The van der Waals surface area contributed by atoms with E-state index in [2.05, 4.69) is 29.1 Å². The minimum absolute atomic E-state index is 0. The van der Waals surface area contributed by atoms with Crippen molar-refractivity contribution in [2.24, 2.45) is 0 Å². The summed E-state index contributed by atoms with van der Waals surface area (Å²) in [4.78, 5) is 7.49. The van der Waals surface area contributed by atoms with Gasteiger partial charge >= 0.3 is 0 Å². The number of benzene rings is 1. The molecule has 0 aliphatic rings. The van der Waals surface area contributed by atoms with Gasteiger partial charge in [-0.3, -0.25) is 4.90 Å². The van der Waals surface area contributed by atoms with Crippen molar-refractivity contribution in [2.45, 2.75) is 33.0 Å². The number of hydrogen-bond acceptors (Lipinski definition) is 5. The van der Waals surface area contributed by atoms with Crippen LogP contribution >= 0.6 is 23.7 Å². The maximum atomic E-state index is 5.72. The van der Waals surface area contributed by atoms with Crippen LogP contribution in [0.15, 0.2) is 30.5 Å². The summed E-state index contributed by atoms with van der Waals surface area (Å²) in [6, 6.07) is 8.24.